The highest BCUT2D eigenvalue weighted by Crippen LogP contribution is 2.46. The first-order valence-corrected chi connectivity index (χ1v) is 9.18. The smallest absolute Gasteiger partial charge is 0.161 e. The molecule has 6 nitrogen and oxygen atoms in total. The number of anilines is 1. The van der Waals surface area contributed by atoms with Gasteiger partial charge in [-0.2, -0.15) is 9.78 Å². The van der Waals surface area contributed by atoms with Crippen molar-refractivity contribution in [3.63, 3.8) is 0 Å². The van der Waals surface area contributed by atoms with Crippen LogP contribution in [0.25, 0.3) is 5.82 Å². The summed E-state index contributed by atoms with van der Waals surface area (Å²) in [6.45, 7) is 1.99. The molecule has 4 heterocycles. The van der Waals surface area contributed by atoms with Gasteiger partial charge in [-0.25, -0.2) is 4.98 Å². The molecule has 134 valence electrons. The molecule has 0 spiro atoms. The van der Waals surface area contributed by atoms with Gasteiger partial charge in [0.15, 0.2) is 11.6 Å². The molecule has 0 radical (unpaired) electrons. The maximum atomic E-state index is 12.9. The molecule has 0 fully saturated rings. The van der Waals surface area contributed by atoms with Gasteiger partial charge < -0.3 is 5.32 Å². The molecule has 1 N–H and O–H groups in total. The van der Waals surface area contributed by atoms with Crippen LogP contribution in [0.5, 0.6) is 0 Å². The Balaban J connectivity index is 1.76. The van der Waals surface area contributed by atoms with Crippen molar-refractivity contribution in [2.75, 3.05) is 5.32 Å². The highest BCUT2D eigenvalue weighted by atomic mass is 16.1. The summed E-state index contributed by atoms with van der Waals surface area (Å²) in [6.07, 6.45) is 7.70. The number of pyridine rings is 2. The molecule has 5 rings (SSSR count). The maximum Gasteiger partial charge on any atom is 0.161 e. The van der Waals surface area contributed by atoms with Gasteiger partial charge in [-0.05, 0) is 43.5 Å². The lowest BCUT2D eigenvalue weighted by molar-refractivity contribution is -0.116. The predicted octanol–water partition coefficient (Wildman–Crippen LogP) is 3.54. The van der Waals surface area contributed by atoms with Crippen molar-refractivity contribution in [3.05, 3.63) is 77.0 Å². The number of carbonyl (C=O) groups is 1. The fourth-order valence-corrected chi connectivity index (χ4v) is 4.15. The lowest BCUT2D eigenvalue weighted by Gasteiger charge is -2.32. The van der Waals surface area contributed by atoms with E-state index < -0.39 is 0 Å². The first-order chi connectivity index (χ1) is 13.2. The number of rotatable bonds is 2. The normalized spacial score (nSPS) is 18.7. The lowest BCUT2D eigenvalue weighted by atomic mass is 9.76. The summed E-state index contributed by atoms with van der Waals surface area (Å²) >= 11 is 0. The monoisotopic (exact) mass is 357 g/mol. The summed E-state index contributed by atoms with van der Waals surface area (Å²) in [7, 11) is 0. The van der Waals surface area contributed by atoms with E-state index in [1.54, 1.807) is 12.4 Å². The zero-order chi connectivity index (χ0) is 18.4. The first kappa shape index (κ1) is 15.9. The molecule has 0 bridgehead atoms. The van der Waals surface area contributed by atoms with Crippen LogP contribution in [-0.4, -0.2) is 25.5 Å². The minimum atomic E-state index is -0.143. The average Bonchev–Trinajstić information content (AvgIpc) is 3.04. The van der Waals surface area contributed by atoms with Gasteiger partial charge in [0, 0.05) is 47.8 Å². The van der Waals surface area contributed by atoms with Crippen LogP contribution in [-0.2, 0) is 4.79 Å². The van der Waals surface area contributed by atoms with E-state index in [0.717, 1.165) is 52.6 Å². The van der Waals surface area contributed by atoms with E-state index in [-0.39, 0.29) is 11.7 Å². The van der Waals surface area contributed by atoms with Crippen molar-refractivity contribution in [2.24, 2.45) is 0 Å². The molecule has 0 aromatic carbocycles. The minimum absolute atomic E-state index is 0.143. The van der Waals surface area contributed by atoms with Crippen LogP contribution in [0.3, 0.4) is 0 Å². The third-order valence-electron chi connectivity index (χ3n) is 5.29. The van der Waals surface area contributed by atoms with Crippen LogP contribution < -0.4 is 5.32 Å². The molecule has 1 aliphatic carbocycles. The molecule has 0 saturated carbocycles. The number of Topliss-reactive ketones (excluding diaryl/α,β-unsaturated/α-hetero) is 1. The van der Waals surface area contributed by atoms with E-state index in [0.29, 0.717) is 6.42 Å². The van der Waals surface area contributed by atoms with Gasteiger partial charge in [-0.1, -0.05) is 12.1 Å². The van der Waals surface area contributed by atoms with Crippen LogP contribution in [0.1, 0.15) is 42.0 Å². The second-order valence-electron chi connectivity index (χ2n) is 6.96. The second kappa shape index (κ2) is 6.16. The minimum Gasteiger partial charge on any atom is -0.343 e. The zero-order valence-electron chi connectivity index (χ0n) is 15.0. The Morgan fingerprint density at radius 1 is 1.15 bits per heavy atom. The number of carbonyl (C=O) groups excluding carboxylic acids is 1. The molecule has 6 heteroatoms. The van der Waals surface area contributed by atoms with Crippen LogP contribution in [0.15, 0.2) is 60.2 Å². The topological polar surface area (TPSA) is 72.7 Å². The fraction of sp³-hybridized carbons (Fsp3) is 0.238. The summed E-state index contributed by atoms with van der Waals surface area (Å²) in [5.41, 5.74) is 4.81. The van der Waals surface area contributed by atoms with Crippen LogP contribution in [0, 0.1) is 6.92 Å². The number of fused-ring (bicyclic) bond motifs is 1. The Hall–Kier alpha value is -3.28. The number of ketones is 1. The van der Waals surface area contributed by atoms with Crippen LogP contribution in [0.2, 0.25) is 0 Å². The van der Waals surface area contributed by atoms with Crippen molar-refractivity contribution >= 4 is 11.6 Å². The molecule has 27 heavy (non-hydrogen) atoms. The average molecular weight is 357 g/mol. The Bertz CT molecular complexity index is 1050. The van der Waals surface area contributed by atoms with Crippen molar-refractivity contribution in [3.8, 4) is 5.82 Å². The second-order valence-corrected chi connectivity index (χ2v) is 6.96. The highest BCUT2D eigenvalue weighted by molar-refractivity contribution is 6.01. The van der Waals surface area contributed by atoms with E-state index in [4.69, 9.17) is 5.10 Å². The summed E-state index contributed by atoms with van der Waals surface area (Å²) in [6, 6.07) is 9.73. The van der Waals surface area contributed by atoms with Gasteiger partial charge in [0.1, 0.15) is 5.82 Å². The van der Waals surface area contributed by atoms with Crippen molar-refractivity contribution < 1.29 is 4.79 Å². The van der Waals surface area contributed by atoms with Gasteiger partial charge in [-0.3, -0.25) is 9.78 Å². The largest absolute Gasteiger partial charge is 0.343 e. The number of aryl methyl sites for hydroxylation is 1. The van der Waals surface area contributed by atoms with E-state index in [1.807, 2.05) is 48.1 Å². The molecular weight excluding hydrogens is 338 g/mol. The van der Waals surface area contributed by atoms with Gasteiger partial charge in [-0.15, -0.1) is 0 Å². The summed E-state index contributed by atoms with van der Waals surface area (Å²) in [4.78, 5) is 21.6. The quantitative estimate of drug-likeness (QED) is 0.759. The van der Waals surface area contributed by atoms with Gasteiger partial charge in [0.2, 0.25) is 0 Å². The standard InChI is InChI=1S/C21H19N5O/c1-13-18-19(14-6-5-10-22-12-14)20-15(7-4-8-16(20)27)24-21(18)26(25-13)17-9-2-3-11-23-17/h2-3,5-6,9-12,19,24H,4,7-8H2,1H3/t19-/m0/s1. The molecule has 2 aliphatic rings. The maximum absolute atomic E-state index is 12.9. The predicted molar refractivity (Wildman–Crippen MR) is 102 cm³/mol. The number of aromatic nitrogens is 4. The number of allylic oxidation sites excluding steroid dienone is 2. The van der Waals surface area contributed by atoms with E-state index >= 15 is 0 Å². The van der Waals surface area contributed by atoms with E-state index in [9.17, 15) is 4.79 Å². The van der Waals surface area contributed by atoms with Gasteiger partial charge >= 0.3 is 0 Å². The molecule has 1 aliphatic heterocycles. The lowest BCUT2D eigenvalue weighted by Crippen LogP contribution is -2.27. The first-order valence-electron chi connectivity index (χ1n) is 9.18. The SMILES string of the molecule is Cc1nn(-c2ccccn2)c2c1[C@H](c1cccnc1)C1=C(CCCC1=O)N2. The van der Waals surface area contributed by atoms with Gasteiger partial charge in [0.05, 0.1) is 5.69 Å². The van der Waals surface area contributed by atoms with Crippen molar-refractivity contribution in [1.29, 1.82) is 0 Å². The summed E-state index contributed by atoms with van der Waals surface area (Å²) in [5, 5.41) is 8.27. The molecule has 0 unspecified atom stereocenters. The highest BCUT2D eigenvalue weighted by Gasteiger charge is 2.38. The molecule has 1 atom stereocenters. The van der Waals surface area contributed by atoms with Gasteiger partial charge in [0.25, 0.3) is 0 Å². The summed E-state index contributed by atoms with van der Waals surface area (Å²) < 4.78 is 1.84. The Morgan fingerprint density at radius 2 is 2.07 bits per heavy atom. The Morgan fingerprint density at radius 3 is 2.85 bits per heavy atom. The molecule has 3 aromatic heterocycles. The summed E-state index contributed by atoms with van der Waals surface area (Å²) in [5.74, 6) is 1.72. The number of hydrogen-bond acceptors (Lipinski definition) is 5. The molecular formula is C21H19N5O. The number of nitrogens with one attached hydrogen (secondary N) is 1. The Labute approximate surface area is 157 Å². The van der Waals surface area contributed by atoms with Crippen molar-refractivity contribution in [2.45, 2.75) is 32.1 Å². The van der Waals surface area contributed by atoms with Crippen LogP contribution >= 0.6 is 0 Å². The van der Waals surface area contributed by atoms with Crippen LogP contribution in [0.4, 0.5) is 5.82 Å². The third kappa shape index (κ3) is 2.48. The molecule has 0 saturated heterocycles. The number of nitrogens with zero attached hydrogens (tertiary/aromatic N) is 4. The van der Waals surface area contributed by atoms with E-state index in [1.165, 1.54) is 0 Å². The fourth-order valence-electron chi connectivity index (χ4n) is 4.15. The Kier molecular flexibility index (Phi) is 3.63. The molecule has 3 aromatic rings. The number of hydrogen-bond donors (Lipinski definition) is 1. The third-order valence-corrected chi connectivity index (χ3v) is 5.29. The van der Waals surface area contributed by atoms with E-state index in [2.05, 4.69) is 15.3 Å². The molecule has 0 amide bonds. The zero-order valence-corrected chi connectivity index (χ0v) is 15.0. The van der Waals surface area contributed by atoms with Crippen molar-refractivity contribution in [1.82, 2.24) is 19.7 Å².